The fourth-order valence-corrected chi connectivity index (χ4v) is 2.18. The Morgan fingerprint density at radius 3 is 2.57 bits per heavy atom. The zero-order chi connectivity index (χ0) is 16.8. The first kappa shape index (κ1) is 17.3. The van der Waals surface area contributed by atoms with E-state index in [0.29, 0.717) is 15.8 Å². The number of aromatic hydroxyl groups is 2. The molecule has 0 saturated heterocycles. The molecule has 0 aliphatic rings. The Kier molecular flexibility index (Phi) is 6.00. The van der Waals surface area contributed by atoms with Crippen LogP contribution in [0, 0.1) is 0 Å². The summed E-state index contributed by atoms with van der Waals surface area (Å²) in [6.07, 6.45) is 1.26. The van der Waals surface area contributed by atoms with Crippen LogP contribution in [-0.2, 0) is 4.79 Å². The second-order valence-electron chi connectivity index (χ2n) is 4.40. The molecule has 0 heterocycles. The van der Waals surface area contributed by atoms with Crippen LogP contribution in [0.5, 0.6) is 17.2 Å². The standard InChI is InChI=1S/C15H12Br2N2O4/c16-10-1-3-11(4-2-10)23-8-15(22)19-18-7-9-5-12(17)14(21)6-13(9)20/h1-7,20-21H,8H2,(H,19,22). The summed E-state index contributed by atoms with van der Waals surface area (Å²) in [6, 6.07) is 9.70. The minimum absolute atomic E-state index is 0.0911. The van der Waals surface area contributed by atoms with Crippen molar-refractivity contribution in [3.63, 3.8) is 0 Å². The van der Waals surface area contributed by atoms with Gasteiger partial charge in [-0.1, -0.05) is 15.9 Å². The van der Waals surface area contributed by atoms with Crippen LogP contribution in [0.15, 0.2) is 50.4 Å². The summed E-state index contributed by atoms with van der Waals surface area (Å²) in [5, 5.41) is 22.8. The number of carbonyl (C=O) groups excluding carboxylic acids is 1. The van der Waals surface area contributed by atoms with Crippen molar-refractivity contribution in [2.24, 2.45) is 5.10 Å². The lowest BCUT2D eigenvalue weighted by atomic mass is 10.2. The lowest BCUT2D eigenvalue weighted by Gasteiger charge is -2.05. The van der Waals surface area contributed by atoms with Gasteiger partial charge in [-0.15, -0.1) is 0 Å². The summed E-state index contributed by atoms with van der Waals surface area (Å²) >= 11 is 6.43. The number of hydrazone groups is 1. The normalized spacial score (nSPS) is 10.7. The molecule has 6 nitrogen and oxygen atoms in total. The number of halogens is 2. The van der Waals surface area contributed by atoms with Crippen molar-refractivity contribution in [3.05, 3.63) is 50.9 Å². The van der Waals surface area contributed by atoms with Crippen LogP contribution in [0.25, 0.3) is 0 Å². The Morgan fingerprint density at radius 2 is 1.87 bits per heavy atom. The quantitative estimate of drug-likeness (QED) is 0.489. The maximum atomic E-state index is 11.6. The van der Waals surface area contributed by atoms with E-state index in [1.807, 2.05) is 0 Å². The Bertz CT molecular complexity index is 733. The third-order valence-corrected chi connectivity index (χ3v) is 3.84. The van der Waals surface area contributed by atoms with Crippen LogP contribution in [0.3, 0.4) is 0 Å². The number of benzene rings is 2. The lowest BCUT2D eigenvalue weighted by Crippen LogP contribution is -2.24. The van der Waals surface area contributed by atoms with Crippen LogP contribution >= 0.6 is 31.9 Å². The molecular formula is C15H12Br2N2O4. The second-order valence-corrected chi connectivity index (χ2v) is 6.17. The second kappa shape index (κ2) is 7.98. The van der Waals surface area contributed by atoms with Crippen molar-refractivity contribution in [3.8, 4) is 17.2 Å². The van der Waals surface area contributed by atoms with Crippen molar-refractivity contribution in [2.45, 2.75) is 0 Å². The summed E-state index contributed by atoms with van der Waals surface area (Å²) in [7, 11) is 0. The summed E-state index contributed by atoms with van der Waals surface area (Å²) in [6.45, 7) is -0.190. The zero-order valence-electron chi connectivity index (χ0n) is 11.7. The minimum Gasteiger partial charge on any atom is -0.507 e. The van der Waals surface area contributed by atoms with Gasteiger partial charge in [-0.25, -0.2) is 5.43 Å². The molecule has 3 N–H and O–H groups in total. The number of hydrogen-bond acceptors (Lipinski definition) is 5. The largest absolute Gasteiger partial charge is 0.507 e. The number of hydrogen-bond donors (Lipinski definition) is 3. The maximum absolute atomic E-state index is 11.6. The smallest absolute Gasteiger partial charge is 0.277 e. The van der Waals surface area contributed by atoms with Gasteiger partial charge in [0.2, 0.25) is 0 Å². The Labute approximate surface area is 149 Å². The Balaban J connectivity index is 1.86. The number of nitrogens with one attached hydrogen (secondary N) is 1. The number of carbonyl (C=O) groups is 1. The predicted octanol–water partition coefficient (Wildman–Crippen LogP) is 3.15. The van der Waals surface area contributed by atoms with Crippen LogP contribution < -0.4 is 10.2 Å². The third kappa shape index (κ3) is 5.26. The molecule has 8 heteroatoms. The van der Waals surface area contributed by atoms with E-state index in [1.165, 1.54) is 18.3 Å². The molecule has 0 atom stereocenters. The monoisotopic (exact) mass is 442 g/mol. The lowest BCUT2D eigenvalue weighted by molar-refractivity contribution is -0.123. The Hall–Kier alpha value is -2.06. The molecule has 0 aliphatic carbocycles. The van der Waals surface area contributed by atoms with Gasteiger partial charge in [0.15, 0.2) is 6.61 Å². The topological polar surface area (TPSA) is 91.2 Å². The van der Waals surface area contributed by atoms with Gasteiger partial charge in [0.25, 0.3) is 5.91 Å². The molecule has 2 aromatic carbocycles. The van der Waals surface area contributed by atoms with Crippen molar-refractivity contribution in [1.29, 1.82) is 0 Å². The molecular weight excluding hydrogens is 432 g/mol. The van der Waals surface area contributed by atoms with E-state index < -0.39 is 5.91 Å². The molecule has 2 rings (SSSR count). The van der Waals surface area contributed by atoms with Gasteiger partial charge < -0.3 is 14.9 Å². The molecule has 0 radical (unpaired) electrons. The van der Waals surface area contributed by atoms with E-state index in [2.05, 4.69) is 42.4 Å². The molecule has 0 spiro atoms. The van der Waals surface area contributed by atoms with Gasteiger partial charge in [-0.05, 0) is 46.3 Å². The van der Waals surface area contributed by atoms with E-state index in [4.69, 9.17) is 4.74 Å². The van der Waals surface area contributed by atoms with Gasteiger partial charge >= 0.3 is 0 Å². The van der Waals surface area contributed by atoms with Crippen LogP contribution in [-0.4, -0.2) is 28.9 Å². The number of phenols is 2. The molecule has 0 fully saturated rings. The van der Waals surface area contributed by atoms with E-state index in [-0.39, 0.29) is 18.1 Å². The van der Waals surface area contributed by atoms with Crippen molar-refractivity contribution < 1.29 is 19.7 Å². The molecule has 0 aliphatic heterocycles. The summed E-state index contributed by atoms with van der Waals surface area (Å²) < 4.78 is 6.61. The number of rotatable bonds is 5. The van der Waals surface area contributed by atoms with Crippen LogP contribution in [0.1, 0.15) is 5.56 Å². The SMILES string of the molecule is O=C(COc1ccc(Br)cc1)NN=Cc1cc(Br)c(O)cc1O. The third-order valence-electron chi connectivity index (χ3n) is 2.67. The highest BCUT2D eigenvalue weighted by Crippen LogP contribution is 2.30. The predicted molar refractivity (Wildman–Crippen MR) is 92.8 cm³/mol. The van der Waals surface area contributed by atoms with Gasteiger partial charge in [0, 0.05) is 16.1 Å². The van der Waals surface area contributed by atoms with Crippen LogP contribution in [0.2, 0.25) is 0 Å². The van der Waals surface area contributed by atoms with Crippen molar-refractivity contribution in [1.82, 2.24) is 5.43 Å². The molecule has 120 valence electrons. The summed E-state index contributed by atoms with van der Waals surface area (Å²) in [5.74, 6) is -0.129. The summed E-state index contributed by atoms with van der Waals surface area (Å²) in [4.78, 5) is 11.6. The fourth-order valence-electron chi connectivity index (χ4n) is 1.56. The van der Waals surface area contributed by atoms with E-state index >= 15 is 0 Å². The average molecular weight is 444 g/mol. The van der Waals surface area contributed by atoms with Crippen molar-refractivity contribution in [2.75, 3.05) is 6.61 Å². The minimum atomic E-state index is -0.443. The van der Waals surface area contributed by atoms with E-state index in [1.54, 1.807) is 24.3 Å². The van der Waals surface area contributed by atoms with E-state index in [9.17, 15) is 15.0 Å². The van der Waals surface area contributed by atoms with Crippen LogP contribution in [0.4, 0.5) is 0 Å². The number of nitrogens with zero attached hydrogens (tertiary/aromatic N) is 1. The highest BCUT2D eigenvalue weighted by atomic mass is 79.9. The number of phenolic OH excluding ortho intramolecular Hbond substituents is 2. The molecule has 23 heavy (non-hydrogen) atoms. The van der Waals surface area contributed by atoms with Gasteiger partial charge in [-0.3, -0.25) is 4.79 Å². The fraction of sp³-hybridized carbons (Fsp3) is 0.0667. The molecule has 0 saturated carbocycles. The average Bonchev–Trinajstić information content (AvgIpc) is 2.52. The van der Waals surface area contributed by atoms with Gasteiger partial charge in [-0.2, -0.15) is 5.10 Å². The number of amides is 1. The first-order valence-corrected chi connectivity index (χ1v) is 7.96. The summed E-state index contributed by atoms with van der Waals surface area (Å²) in [5.41, 5.74) is 2.62. The van der Waals surface area contributed by atoms with Gasteiger partial charge in [0.1, 0.15) is 17.2 Å². The van der Waals surface area contributed by atoms with Crippen molar-refractivity contribution >= 4 is 44.0 Å². The molecule has 1 amide bonds. The molecule has 0 bridgehead atoms. The highest BCUT2D eigenvalue weighted by molar-refractivity contribution is 9.10. The highest BCUT2D eigenvalue weighted by Gasteiger charge is 2.05. The zero-order valence-corrected chi connectivity index (χ0v) is 14.8. The molecule has 0 aromatic heterocycles. The molecule has 0 unspecified atom stereocenters. The van der Waals surface area contributed by atoms with E-state index in [0.717, 1.165) is 4.47 Å². The number of ether oxygens (including phenoxy) is 1. The van der Waals surface area contributed by atoms with Gasteiger partial charge in [0.05, 0.1) is 10.7 Å². The maximum Gasteiger partial charge on any atom is 0.277 e. The molecule has 2 aromatic rings. The first-order chi connectivity index (χ1) is 11.0. The Morgan fingerprint density at radius 1 is 1.17 bits per heavy atom. The first-order valence-electron chi connectivity index (χ1n) is 6.37.